The van der Waals surface area contributed by atoms with Crippen LogP contribution in [-0.4, -0.2) is 77.5 Å². The highest BCUT2D eigenvalue weighted by Gasteiger charge is 2.32. The van der Waals surface area contributed by atoms with E-state index in [1.807, 2.05) is 49.5 Å². The van der Waals surface area contributed by atoms with Crippen molar-refractivity contribution in [2.45, 2.75) is 19.1 Å². The number of nitrogens with one attached hydrogen (secondary N) is 1. The van der Waals surface area contributed by atoms with E-state index in [-0.39, 0.29) is 17.9 Å². The molecule has 6 rings (SSSR count). The number of fused-ring (bicyclic) bond motifs is 1. The first kappa shape index (κ1) is 26.1. The predicted octanol–water partition coefficient (Wildman–Crippen LogP) is 2.93. The number of pyridine rings is 3. The van der Waals surface area contributed by atoms with Crippen molar-refractivity contribution in [2.75, 3.05) is 54.5 Å². The molecule has 2 aliphatic heterocycles. The van der Waals surface area contributed by atoms with Crippen molar-refractivity contribution in [3.05, 3.63) is 72.8 Å². The van der Waals surface area contributed by atoms with E-state index < -0.39 is 6.10 Å². The SMILES string of the molecule is C[C@H]1CN(c2ccncc2NC(=O)c2ccc3ccc(-c4ccc(N5CCOCC5)nc4)cc3n2)C[C@@H](N)[C@@H]1O. The molecule has 1 amide bonds. The fraction of sp³-hybridized carbons (Fsp3) is 0.333. The predicted molar refractivity (Wildman–Crippen MR) is 156 cm³/mol. The van der Waals surface area contributed by atoms with Crippen molar-refractivity contribution in [2.24, 2.45) is 11.7 Å². The Morgan fingerprint density at radius 2 is 1.82 bits per heavy atom. The second-order valence-electron chi connectivity index (χ2n) is 10.5. The Hall–Kier alpha value is -4.12. The number of aliphatic hydroxyl groups excluding tert-OH is 1. The molecule has 10 nitrogen and oxygen atoms in total. The normalized spacial score (nSPS) is 21.4. The number of ether oxygens (including phenoxy) is 1. The van der Waals surface area contributed by atoms with E-state index >= 15 is 0 Å². The monoisotopic (exact) mass is 539 g/mol. The van der Waals surface area contributed by atoms with Crippen molar-refractivity contribution in [3.8, 4) is 11.1 Å². The van der Waals surface area contributed by atoms with Gasteiger partial charge in [-0.15, -0.1) is 0 Å². The number of aromatic nitrogens is 3. The van der Waals surface area contributed by atoms with E-state index in [0.717, 1.165) is 46.6 Å². The molecule has 2 fully saturated rings. The van der Waals surface area contributed by atoms with E-state index in [9.17, 15) is 9.90 Å². The molecule has 2 saturated heterocycles. The van der Waals surface area contributed by atoms with Gasteiger partial charge in [0.25, 0.3) is 5.91 Å². The Kier molecular flexibility index (Phi) is 7.29. The van der Waals surface area contributed by atoms with Gasteiger partial charge in [0.05, 0.1) is 42.4 Å². The number of rotatable bonds is 5. The van der Waals surface area contributed by atoms with Crippen LogP contribution in [-0.2, 0) is 4.74 Å². The minimum Gasteiger partial charge on any atom is -0.391 e. The first-order valence-electron chi connectivity index (χ1n) is 13.6. The number of nitrogens with two attached hydrogens (primary N) is 1. The number of morpholine rings is 1. The molecule has 0 spiro atoms. The number of carbonyl (C=O) groups excluding carboxylic acids is 1. The van der Waals surface area contributed by atoms with Gasteiger partial charge in [0.15, 0.2) is 0 Å². The lowest BCUT2D eigenvalue weighted by molar-refractivity contribution is 0.0785. The molecule has 40 heavy (non-hydrogen) atoms. The van der Waals surface area contributed by atoms with Crippen LogP contribution in [0.15, 0.2) is 67.1 Å². The molecule has 4 N–H and O–H groups in total. The van der Waals surface area contributed by atoms with E-state index in [1.54, 1.807) is 18.5 Å². The Bertz CT molecular complexity index is 1500. The molecule has 0 saturated carbocycles. The summed E-state index contributed by atoms with van der Waals surface area (Å²) in [6, 6.07) is 15.2. The summed E-state index contributed by atoms with van der Waals surface area (Å²) in [5.41, 5.74) is 10.5. The van der Waals surface area contributed by atoms with Crippen LogP contribution in [0.1, 0.15) is 17.4 Å². The molecular weight excluding hydrogens is 506 g/mol. The smallest absolute Gasteiger partial charge is 0.274 e. The standard InChI is InChI=1S/C30H33N7O3/c1-19-17-37(18-23(31)29(19)38)27-8-9-32-16-26(27)35-30(39)24-6-4-20-2-3-21(14-25(20)34-24)22-5-7-28(33-15-22)36-10-12-40-13-11-36/h2-9,14-16,19,23,29,38H,10-13,17-18,31H2,1H3,(H,35,39)/t19-,23+,29+/m0/s1. The molecule has 0 bridgehead atoms. The maximum absolute atomic E-state index is 13.3. The molecule has 206 valence electrons. The molecule has 10 heteroatoms. The second-order valence-corrected chi connectivity index (χ2v) is 10.5. The Morgan fingerprint density at radius 3 is 2.60 bits per heavy atom. The lowest BCUT2D eigenvalue weighted by atomic mass is 9.92. The fourth-order valence-corrected chi connectivity index (χ4v) is 5.42. The van der Waals surface area contributed by atoms with Crippen molar-refractivity contribution >= 4 is 34.0 Å². The molecule has 4 aromatic rings. The average Bonchev–Trinajstić information content (AvgIpc) is 3.00. The Labute approximate surface area is 232 Å². The quantitative estimate of drug-likeness (QED) is 0.350. The van der Waals surface area contributed by atoms with Gasteiger partial charge in [-0.1, -0.05) is 25.1 Å². The number of hydrogen-bond donors (Lipinski definition) is 3. The molecular formula is C30H33N7O3. The summed E-state index contributed by atoms with van der Waals surface area (Å²) in [6.45, 7) is 6.19. The maximum atomic E-state index is 13.3. The zero-order chi connectivity index (χ0) is 27.6. The van der Waals surface area contributed by atoms with Crippen LogP contribution in [0.5, 0.6) is 0 Å². The number of aliphatic hydroxyl groups is 1. The molecule has 3 aromatic heterocycles. The van der Waals surface area contributed by atoms with Crippen LogP contribution >= 0.6 is 0 Å². The molecule has 0 unspecified atom stereocenters. The van der Waals surface area contributed by atoms with Crippen LogP contribution in [0.25, 0.3) is 22.0 Å². The third kappa shape index (κ3) is 5.33. The van der Waals surface area contributed by atoms with E-state index in [2.05, 4.69) is 36.1 Å². The summed E-state index contributed by atoms with van der Waals surface area (Å²) in [5, 5.41) is 14.2. The molecule has 5 heterocycles. The van der Waals surface area contributed by atoms with Crippen LogP contribution in [0.2, 0.25) is 0 Å². The summed E-state index contributed by atoms with van der Waals surface area (Å²) >= 11 is 0. The van der Waals surface area contributed by atoms with Gasteiger partial charge in [0.1, 0.15) is 11.5 Å². The molecule has 3 atom stereocenters. The number of nitrogens with zero attached hydrogens (tertiary/aromatic N) is 5. The van der Waals surface area contributed by atoms with Crippen molar-refractivity contribution in [1.29, 1.82) is 0 Å². The second kappa shape index (κ2) is 11.2. The molecule has 1 aromatic carbocycles. The number of hydrogen-bond acceptors (Lipinski definition) is 9. The summed E-state index contributed by atoms with van der Waals surface area (Å²) in [6.07, 6.45) is 4.63. The summed E-state index contributed by atoms with van der Waals surface area (Å²) in [5.74, 6) is 0.618. The van der Waals surface area contributed by atoms with E-state index in [1.165, 1.54) is 0 Å². The topological polar surface area (TPSA) is 130 Å². The van der Waals surface area contributed by atoms with E-state index in [4.69, 9.17) is 10.5 Å². The fourth-order valence-electron chi connectivity index (χ4n) is 5.42. The zero-order valence-electron chi connectivity index (χ0n) is 22.4. The van der Waals surface area contributed by atoms with E-state index in [0.29, 0.717) is 37.7 Å². The van der Waals surface area contributed by atoms with Crippen molar-refractivity contribution in [3.63, 3.8) is 0 Å². The van der Waals surface area contributed by atoms with Gasteiger partial charge in [-0.3, -0.25) is 9.78 Å². The Balaban J connectivity index is 1.22. The number of carbonyl (C=O) groups is 1. The number of benzene rings is 1. The third-order valence-electron chi connectivity index (χ3n) is 7.69. The van der Waals surface area contributed by atoms with Gasteiger partial charge in [0.2, 0.25) is 0 Å². The van der Waals surface area contributed by atoms with Gasteiger partial charge in [0, 0.05) is 61.5 Å². The van der Waals surface area contributed by atoms with Crippen LogP contribution in [0.4, 0.5) is 17.2 Å². The Morgan fingerprint density at radius 1 is 1.02 bits per heavy atom. The third-order valence-corrected chi connectivity index (χ3v) is 7.69. The van der Waals surface area contributed by atoms with Crippen molar-refractivity contribution in [1.82, 2.24) is 15.0 Å². The van der Waals surface area contributed by atoms with Crippen molar-refractivity contribution < 1.29 is 14.6 Å². The molecule has 2 aliphatic rings. The van der Waals surface area contributed by atoms with Crippen LogP contribution in [0.3, 0.4) is 0 Å². The number of amides is 1. The van der Waals surface area contributed by atoms with Crippen LogP contribution in [0, 0.1) is 5.92 Å². The van der Waals surface area contributed by atoms with Gasteiger partial charge in [-0.25, -0.2) is 9.97 Å². The van der Waals surface area contributed by atoms with Gasteiger partial charge >= 0.3 is 0 Å². The minimum atomic E-state index is -0.554. The first-order valence-corrected chi connectivity index (χ1v) is 13.6. The highest BCUT2D eigenvalue weighted by atomic mass is 16.5. The lowest BCUT2D eigenvalue weighted by Gasteiger charge is -2.40. The summed E-state index contributed by atoms with van der Waals surface area (Å²) < 4.78 is 5.44. The summed E-state index contributed by atoms with van der Waals surface area (Å²) in [4.78, 5) is 31.2. The highest BCUT2D eigenvalue weighted by Crippen LogP contribution is 2.30. The number of piperidine rings is 1. The van der Waals surface area contributed by atoms with Gasteiger partial charge in [-0.05, 0) is 35.9 Å². The number of anilines is 3. The average molecular weight is 540 g/mol. The zero-order valence-corrected chi connectivity index (χ0v) is 22.4. The minimum absolute atomic E-state index is 0.00240. The van der Waals surface area contributed by atoms with Gasteiger partial charge < -0.3 is 30.7 Å². The van der Waals surface area contributed by atoms with Gasteiger partial charge in [-0.2, -0.15) is 0 Å². The van der Waals surface area contributed by atoms with Crippen LogP contribution < -0.4 is 20.9 Å². The largest absolute Gasteiger partial charge is 0.391 e. The lowest BCUT2D eigenvalue weighted by Crippen LogP contribution is -2.55. The molecule has 0 aliphatic carbocycles. The first-order chi connectivity index (χ1) is 19.5. The maximum Gasteiger partial charge on any atom is 0.274 e. The molecule has 0 radical (unpaired) electrons. The highest BCUT2D eigenvalue weighted by molar-refractivity contribution is 6.05. The summed E-state index contributed by atoms with van der Waals surface area (Å²) in [7, 11) is 0.